The summed E-state index contributed by atoms with van der Waals surface area (Å²) in [5.74, 6) is 1.02. The van der Waals surface area contributed by atoms with Crippen molar-refractivity contribution in [1.29, 1.82) is 0 Å². The van der Waals surface area contributed by atoms with E-state index in [1.165, 1.54) is 32.8 Å². The molecule has 0 radical (unpaired) electrons. The normalized spacial score (nSPS) is 10.8. The maximum Gasteiger partial charge on any atom is 0.0369 e. The molecule has 0 aromatic heterocycles. The Labute approximate surface area is 168 Å². The Hall–Kier alpha value is -2.19. The molecule has 0 heterocycles. The fraction of sp³-hybridized carbons (Fsp3) is 0.280. The average molecular weight is 376 g/mol. The number of nitrogens with zero attached hydrogens (tertiary/aromatic N) is 1. The minimum atomic E-state index is 0.991. The second kappa shape index (κ2) is 9.66. The van der Waals surface area contributed by atoms with Gasteiger partial charge in [0.25, 0.3) is 0 Å². The zero-order valence-electron chi connectivity index (χ0n) is 16.6. The molecule has 0 fully saturated rings. The SMILES string of the molecule is CCN(CC)c1ccc(C)c(Cc2ccc(SCc3ccccc3)cc2)c1. The van der Waals surface area contributed by atoms with E-state index in [1.807, 2.05) is 11.8 Å². The molecule has 140 valence electrons. The van der Waals surface area contributed by atoms with E-state index in [1.54, 1.807) is 0 Å². The lowest BCUT2D eigenvalue weighted by molar-refractivity contribution is 0.864. The third kappa shape index (κ3) is 5.40. The molecule has 0 saturated heterocycles. The maximum absolute atomic E-state index is 2.41. The van der Waals surface area contributed by atoms with Gasteiger partial charge in [0.1, 0.15) is 0 Å². The summed E-state index contributed by atoms with van der Waals surface area (Å²) in [6, 6.07) is 26.6. The van der Waals surface area contributed by atoms with Crippen molar-refractivity contribution in [3.63, 3.8) is 0 Å². The number of hydrogen-bond donors (Lipinski definition) is 0. The van der Waals surface area contributed by atoms with Crippen molar-refractivity contribution in [2.75, 3.05) is 18.0 Å². The van der Waals surface area contributed by atoms with E-state index in [-0.39, 0.29) is 0 Å². The highest BCUT2D eigenvalue weighted by Gasteiger charge is 2.07. The first-order valence-electron chi connectivity index (χ1n) is 9.79. The van der Waals surface area contributed by atoms with Crippen LogP contribution in [0.4, 0.5) is 5.69 Å². The lowest BCUT2D eigenvalue weighted by Gasteiger charge is -2.22. The van der Waals surface area contributed by atoms with E-state index in [4.69, 9.17) is 0 Å². The van der Waals surface area contributed by atoms with Crippen molar-refractivity contribution in [1.82, 2.24) is 0 Å². The van der Waals surface area contributed by atoms with Crippen molar-refractivity contribution >= 4 is 17.4 Å². The van der Waals surface area contributed by atoms with Gasteiger partial charge in [-0.25, -0.2) is 0 Å². The molecule has 0 aliphatic carbocycles. The summed E-state index contributed by atoms with van der Waals surface area (Å²) < 4.78 is 0. The molecular formula is C25H29NS. The fourth-order valence-corrected chi connectivity index (χ4v) is 4.15. The zero-order chi connectivity index (χ0) is 19.1. The van der Waals surface area contributed by atoms with Crippen LogP contribution in [0.15, 0.2) is 77.7 Å². The first-order valence-corrected chi connectivity index (χ1v) is 10.8. The van der Waals surface area contributed by atoms with Crippen molar-refractivity contribution in [2.45, 2.75) is 37.8 Å². The van der Waals surface area contributed by atoms with Gasteiger partial charge >= 0.3 is 0 Å². The summed E-state index contributed by atoms with van der Waals surface area (Å²) in [6.07, 6.45) is 0.991. The molecule has 0 aliphatic heterocycles. The quantitative estimate of drug-likeness (QED) is 0.402. The Kier molecular flexibility index (Phi) is 7.00. The van der Waals surface area contributed by atoms with Crippen LogP contribution in [0, 0.1) is 6.92 Å². The highest BCUT2D eigenvalue weighted by molar-refractivity contribution is 7.98. The molecule has 0 saturated carbocycles. The fourth-order valence-electron chi connectivity index (χ4n) is 3.30. The largest absolute Gasteiger partial charge is 0.372 e. The summed E-state index contributed by atoms with van der Waals surface area (Å²) in [7, 11) is 0. The molecule has 3 aromatic rings. The molecule has 2 heteroatoms. The predicted molar refractivity (Wildman–Crippen MR) is 120 cm³/mol. The van der Waals surface area contributed by atoms with Gasteiger partial charge in [-0.05, 0) is 73.7 Å². The molecule has 0 bridgehead atoms. The van der Waals surface area contributed by atoms with Gasteiger partial charge in [0, 0.05) is 29.4 Å². The third-order valence-corrected chi connectivity index (χ3v) is 6.11. The molecule has 0 unspecified atom stereocenters. The zero-order valence-corrected chi connectivity index (χ0v) is 17.4. The van der Waals surface area contributed by atoms with Gasteiger partial charge in [-0.3, -0.25) is 0 Å². The average Bonchev–Trinajstić information content (AvgIpc) is 2.71. The van der Waals surface area contributed by atoms with Gasteiger partial charge in [-0.15, -0.1) is 11.8 Å². The number of aryl methyl sites for hydroxylation is 1. The van der Waals surface area contributed by atoms with Crippen LogP contribution in [0.2, 0.25) is 0 Å². The first-order chi connectivity index (χ1) is 13.2. The molecule has 3 rings (SSSR count). The van der Waals surface area contributed by atoms with E-state index in [0.29, 0.717) is 0 Å². The number of thioether (sulfide) groups is 1. The van der Waals surface area contributed by atoms with E-state index in [2.05, 4.69) is 98.5 Å². The summed E-state index contributed by atoms with van der Waals surface area (Å²) in [5.41, 5.74) is 6.86. The smallest absolute Gasteiger partial charge is 0.0369 e. The monoisotopic (exact) mass is 375 g/mol. The summed E-state index contributed by atoms with van der Waals surface area (Å²) in [5, 5.41) is 0. The van der Waals surface area contributed by atoms with Crippen LogP contribution in [-0.4, -0.2) is 13.1 Å². The summed E-state index contributed by atoms with van der Waals surface area (Å²) >= 11 is 1.90. The number of hydrogen-bond acceptors (Lipinski definition) is 2. The Bertz CT molecular complexity index is 836. The Morgan fingerprint density at radius 2 is 1.48 bits per heavy atom. The van der Waals surface area contributed by atoms with E-state index < -0.39 is 0 Å². The van der Waals surface area contributed by atoms with Gasteiger partial charge in [-0.1, -0.05) is 48.5 Å². The molecule has 0 atom stereocenters. The van der Waals surface area contributed by atoms with Gasteiger partial charge in [0.2, 0.25) is 0 Å². The van der Waals surface area contributed by atoms with Crippen LogP contribution in [0.25, 0.3) is 0 Å². The Morgan fingerprint density at radius 3 is 2.15 bits per heavy atom. The molecular weight excluding hydrogens is 346 g/mol. The van der Waals surface area contributed by atoms with Crippen LogP contribution in [0.5, 0.6) is 0 Å². The van der Waals surface area contributed by atoms with Gasteiger partial charge in [-0.2, -0.15) is 0 Å². The minimum Gasteiger partial charge on any atom is -0.372 e. The molecule has 0 amide bonds. The molecule has 0 spiro atoms. The third-order valence-electron chi connectivity index (χ3n) is 5.03. The highest BCUT2D eigenvalue weighted by Crippen LogP contribution is 2.25. The Morgan fingerprint density at radius 1 is 0.778 bits per heavy atom. The van der Waals surface area contributed by atoms with Crippen LogP contribution < -0.4 is 4.90 Å². The van der Waals surface area contributed by atoms with Crippen LogP contribution in [-0.2, 0) is 12.2 Å². The molecule has 27 heavy (non-hydrogen) atoms. The minimum absolute atomic E-state index is 0.991. The number of rotatable bonds is 8. The highest BCUT2D eigenvalue weighted by atomic mass is 32.2. The maximum atomic E-state index is 2.41. The molecule has 0 N–H and O–H groups in total. The van der Waals surface area contributed by atoms with Crippen molar-refractivity contribution in [3.8, 4) is 0 Å². The molecule has 1 nitrogen and oxygen atoms in total. The summed E-state index contributed by atoms with van der Waals surface area (Å²) in [4.78, 5) is 3.74. The molecule has 0 aliphatic rings. The second-order valence-electron chi connectivity index (χ2n) is 6.88. The van der Waals surface area contributed by atoms with Crippen molar-refractivity contribution in [2.24, 2.45) is 0 Å². The van der Waals surface area contributed by atoms with Gasteiger partial charge in [0.05, 0.1) is 0 Å². The van der Waals surface area contributed by atoms with E-state index in [9.17, 15) is 0 Å². The lowest BCUT2D eigenvalue weighted by Crippen LogP contribution is -2.21. The predicted octanol–water partition coefficient (Wildman–Crippen LogP) is 6.72. The van der Waals surface area contributed by atoms with Crippen LogP contribution in [0.1, 0.15) is 36.1 Å². The lowest BCUT2D eigenvalue weighted by atomic mass is 9.99. The van der Waals surface area contributed by atoms with Gasteiger partial charge < -0.3 is 4.90 Å². The van der Waals surface area contributed by atoms with Crippen molar-refractivity contribution < 1.29 is 0 Å². The van der Waals surface area contributed by atoms with E-state index >= 15 is 0 Å². The molecule has 3 aromatic carbocycles. The Balaban J connectivity index is 1.66. The number of benzene rings is 3. The second-order valence-corrected chi connectivity index (χ2v) is 7.93. The van der Waals surface area contributed by atoms with E-state index in [0.717, 1.165) is 25.3 Å². The number of anilines is 1. The van der Waals surface area contributed by atoms with Crippen LogP contribution in [0.3, 0.4) is 0 Å². The van der Waals surface area contributed by atoms with Crippen LogP contribution >= 0.6 is 11.8 Å². The summed E-state index contributed by atoms with van der Waals surface area (Å²) in [6.45, 7) is 8.74. The first kappa shape index (κ1) is 19.6. The van der Waals surface area contributed by atoms with Crippen molar-refractivity contribution in [3.05, 3.63) is 95.1 Å². The standard InChI is InChI=1S/C25H29NS/c1-4-26(5-2)24-14-11-20(3)23(18-24)17-21-12-15-25(16-13-21)27-19-22-9-7-6-8-10-22/h6-16,18H,4-5,17,19H2,1-3H3. The van der Waals surface area contributed by atoms with Gasteiger partial charge in [0.15, 0.2) is 0 Å². The topological polar surface area (TPSA) is 3.24 Å².